The summed E-state index contributed by atoms with van der Waals surface area (Å²) in [5.41, 5.74) is 2.14. The molecule has 1 amide bonds. The van der Waals surface area contributed by atoms with Gasteiger partial charge in [0, 0.05) is 37.1 Å². The Balaban J connectivity index is 1.68. The number of rotatable bonds is 5. The third-order valence-corrected chi connectivity index (χ3v) is 3.78. The van der Waals surface area contributed by atoms with Crippen LogP contribution in [0.2, 0.25) is 0 Å². The van der Waals surface area contributed by atoms with Crippen molar-refractivity contribution >= 4 is 11.6 Å². The molecule has 0 saturated heterocycles. The Morgan fingerprint density at radius 2 is 2.30 bits per heavy atom. The van der Waals surface area contributed by atoms with Gasteiger partial charge in [0.1, 0.15) is 0 Å². The van der Waals surface area contributed by atoms with Crippen molar-refractivity contribution in [3.63, 3.8) is 0 Å². The van der Waals surface area contributed by atoms with Crippen LogP contribution < -0.4 is 10.6 Å². The Hall–Kier alpha value is -1.62. The van der Waals surface area contributed by atoms with E-state index in [1.54, 1.807) is 6.20 Å². The van der Waals surface area contributed by atoms with E-state index in [-0.39, 0.29) is 17.9 Å². The lowest BCUT2D eigenvalue weighted by atomic mass is 9.87. The second-order valence-electron chi connectivity index (χ2n) is 5.43. The smallest absolute Gasteiger partial charge is 0.223 e. The first-order valence-electron chi connectivity index (χ1n) is 7.27. The molecule has 0 aliphatic heterocycles. The van der Waals surface area contributed by atoms with Crippen molar-refractivity contribution in [3.8, 4) is 0 Å². The third kappa shape index (κ3) is 4.20. The molecule has 110 valence electrons. The standard InChI is InChI=1S/C15H23N3O2/c1-11-10-16-6-5-14(11)17-7-8-18-15(20)12-3-2-4-13(19)9-12/h5-6,10,12-13,19H,2-4,7-9H2,1H3,(H,16,17)(H,18,20)/t12-,13+/m0/s1. The number of carbonyl (C=O) groups excluding carboxylic acids is 1. The molecule has 2 rings (SSSR count). The molecule has 0 spiro atoms. The van der Waals surface area contributed by atoms with Gasteiger partial charge in [0.2, 0.25) is 5.91 Å². The van der Waals surface area contributed by atoms with Gasteiger partial charge < -0.3 is 15.7 Å². The minimum absolute atomic E-state index is 0.0265. The van der Waals surface area contributed by atoms with Crippen molar-refractivity contribution in [2.45, 2.75) is 38.7 Å². The van der Waals surface area contributed by atoms with E-state index in [1.807, 2.05) is 19.2 Å². The van der Waals surface area contributed by atoms with Gasteiger partial charge in [-0.1, -0.05) is 6.42 Å². The monoisotopic (exact) mass is 277 g/mol. The average molecular weight is 277 g/mol. The Morgan fingerprint density at radius 3 is 3.05 bits per heavy atom. The van der Waals surface area contributed by atoms with E-state index in [0.717, 1.165) is 30.5 Å². The summed E-state index contributed by atoms with van der Waals surface area (Å²) in [6, 6.07) is 1.93. The molecule has 1 aliphatic rings. The van der Waals surface area contributed by atoms with Gasteiger partial charge in [0.05, 0.1) is 6.10 Å². The van der Waals surface area contributed by atoms with Crippen LogP contribution in [0.15, 0.2) is 18.5 Å². The maximum Gasteiger partial charge on any atom is 0.223 e. The summed E-state index contributed by atoms with van der Waals surface area (Å²) < 4.78 is 0. The molecule has 1 aliphatic carbocycles. The summed E-state index contributed by atoms with van der Waals surface area (Å²) >= 11 is 0. The topological polar surface area (TPSA) is 74.2 Å². The van der Waals surface area contributed by atoms with Crippen molar-refractivity contribution < 1.29 is 9.90 Å². The lowest BCUT2D eigenvalue weighted by Gasteiger charge is -2.24. The average Bonchev–Trinajstić information content (AvgIpc) is 2.45. The highest BCUT2D eigenvalue weighted by molar-refractivity contribution is 5.78. The Labute approximate surface area is 119 Å². The Bertz CT molecular complexity index is 450. The van der Waals surface area contributed by atoms with Gasteiger partial charge in [-0.15, -0.1) is 0 Å². The molecular formula is C15H23N3O2. The molecule has 1 saturated carbocycles. The van der Waals surface area contributed by atoms with Gasteiger partial charge in [0.25, 0.3) is 0 Å². The Morgan fingerprint density at radius 1 is 1.45 bits per heavy atom. The summed E-state index contributed by atoms with van der Waals surface area (Å²) in [6.07, 6.45) is 6.50. The maximum absolute atomic E-state index is 12.0. The summed E-state index contributed by atoms with van der Waals surface area (Å²) in [6.45, 7) is 3.27. The van der Waals surface area contributed by atoms with Crippen LogP contribution >= 0.6 is 0 Å². The Kier molecular flexibility index (Phi) is 5.35. The van der Waals surface area contributed by atoms with Crippen LogP contribution in [-0.2, 0) is 4.79 Å². The summed E-state index contributed by atoms with van der Waals surface area (Å²) in [7, 11) is 0. The summed E-state index contributed by atoms with van der Waals surface area (Å²) in [4.78, 5) is 16.0. The molecule has 0 unspecified atom stereocenters. The molecule has 2 atom stereocenters. The SMILES string of the molecule is Cc1cnccc1NCCNC(=O)[C@H]1CCC[C@@H](O)C1. The number of hydrogen-bond acceptors (Lipinski definition) is 4. The van der Waals surface area contributed by atoms with E-state index in [9.17, 15) is 9.90 Å². The largest absolute Gasteiger partial charge is 0.393 e. The highest BCUT2D eigenvalue weighted by Gasteiger charge is 2.25. The van der Waals surface area contributed by atoms with Crippen LogP contribution in [0.3, 0.4) is 0 Å². The molecule has 0 radical (unpaired) electrons. The van der Waals surface area contributed by atoms with Crippen molar-refractivity contribution in [2.24, 2.45) is 5.92 Å². The lowest BCUT2D eigenvalue weighted by molar-refractivity contribution is -0.127. The normalized spacial score (nSPS) is 22.3. The fraction of sp³-hybridized carbons (Fsp3) is 0.600. The van der Waals surface area contributed by atoms with Gasteiger partial charge >= 0.3 is 0 Å². The number of hydrogen-bond donors (Lipinski definition) is 3. The van der Waals surface area contributed by atoms with E-state index in [1.165, 1.54) is 0 Å². The molecule has 0 aromatic carbocycles. The fourth-order valence-corrected chi connectivity index (χ4v) is 2.60. The number of pyridine rings is 1. The quantitative estimate of drug-likeness (QED) is 0.713. The van der Waals surface area contributed by atoms with Crippen molar-refractivity contribution in [2.75, 3.05) is 18.4 Å². The number of aliphatic hydroxyl groups excluding tert-OH is 1. The fourth-order valence-electron chi connectivity index (χ4n) is 2.60. The van der Waals surface area contributed by atoms with Gasteiger partial charge in [0.15, 0.2) is 0 Å². The van der Waals surface area contributed by atoms with Gasteiger partial charge in [-0.05, 0) is 37.8 Å². The highest BCUT2D eigenvalue weighted by Crippen LogP contribution is 2.24. The third-order valence-electron chi connectivity index (χ3n) is 3.78. The molecule has 3 N–H and O–H groups in total. The minimum Gasteiger partial charge on any atom is -0.393 e. The van der Waals surface area contributed by atoms with Crippen LogP contribution in [0.4, 0.5) is 5.69 Å². The molecule has 0 bridgehead atoms. The zero-order chi connectivity index (χ0) is 14.4. The number of amides is 1. The lowest BCUT2D eigenvalue weighted by Crippen LogP contribution is -2.37. The number of anilines is 1. The van der Waals surface area contributed by atoms with E-state index in [0.29, 0.717) is 19.5 Å². The van der Waals surface area contributed by atoms with Gasteiger partial charge in [-0.25, -0.2) is 0 Å². The maximum atomic E-state index is 12.0. The van der Waals surface area contributed by atoms with Gasteiger partial charge in [-0.3, -0.25) is 9.78 Å². The first-order valence-corrected chi connectivity index (χ1v) is 7.27. The number of aromatic nitrogens is 1. The molecule has 1 heterocycles. The van der Waals surface area contributed by atoms with Crippen LogP contribution in [0, 0.1) is 12.8 Å². The molecule has 5 nitrogen and oxygen atoms in total. The molecule has 1 fully saturated rings. The number of nitrogens with zero attached hydrogens (tertiary/aromatic N) is 1. The van der Waals surface area contributed by atoms with Crippen LogP contribution in [0.5, 0.6) is 0 Å². The molecule has 1 aromatic rings. The zero-order valence-corrected chi connectivity index (χ0v) is 11.9. The number of carbonyl (C=O) groups is 1. The van der Waals surface area contributed by atoms with E-state index >= 15 is 0 Å². The summed E-state index contributed by atoms with van der Waals surface area (Å²) in [5, 5.41) is 15.8. The summed E-state index contributed by atoms with van der Waals surface area (Å²) in [5.74, 6) is 0.0402. The predicted molar refractivity (Wildman–Crippen MR) is 78.4 cm³/mol. The van der Waals surface area contributed by atoms with E-state index in [4.69, 9.17) is 0 Å². The van der Waals surface area contributed by atoms with Crippen molar-refractivity contribution in [3.05, 3.63) is 24.0 Å². The van der Waals surface area contributed by atoms with Crippen molar-refractivity contribution in [1.29, 1.82) is 0 Å². The van der Waals surface area contributed by atoms with Crippen LogP contribution in [0.25, 0.3) is 0 Å². The van der Waals surface area contributed by atoms with Gasteiger partial charge in [-0.2, -0.15) is 0 Å². The first kappa shape index (κ1) is 14.8. The highest BCUT2D eigenvalue weighted by atomic mass is 16.3. The molecule has 1 aromatic heterocycles. The number of aryl methyl sites for hydroxylation is 1. The van der Waals surface area contributed by atoms with Crippen LogP contribution in [-0.4, -0.2) is 35.2 Å². The molecular weight excluding hydrogens is 254 g/mol. The minimum atomic E-state index is -0.308. The number of aliphatic hydroxyl groups is 1. The van der Waals surface area contributed by atoms with E-state index in [2.05, 4.69) is 15.6 Å². The van der Waals surface area contributed by atoms with Crippen LogP contribution in [0.1, 0.15) is 31.2 Å². The van der Waals surface area contributed by atoms with E-state index < -0.39 is 0 Å². The second kappa shape index (κ2) is 7.24. The molecule has 5 heteroatoms. The molecule has 20 heavy (non-hydrogen) atoms. The second-order valence-corrected chi connectivity index (χ2v) is 5.43. The first-order chi connectivity index (χ1) is 9.66. The van der Waals surface area contributed by atoms with Crippen molar-refractivity contribution in [1.82, 2.24) is 10.3 Å². The zero-order valence-electron chi connectivity index (χ0n) is 11.9. The number of nitrogens with one attached hydrogen (secondary N) is 2. The predicted octanol–water partition coefficient (Wildman–Crippen LogP) is 1.47.